The van der Waals surface area contributed by atoms with Crippen LogP contribution in [0.3, 0.4) is 0 Å². The number of rotatable bonds is 7. The number of sulfonamides is 1. The highest BCUT2D eigenvalue weighted by Gasteiger charge is 2.32. The Bertz CT molecular complexity index is 1190. The summed E-state index contributed by atoms with van der Waals surface area (Å²) in [6.45, 7) is 0. The first-order chi connectivity index (χ1) is 14.2. The topological polar surface area (TPSA) is 177 Å². The number of nitrogens with zero attached hydrogens (tertiary/aromatic N) is 2. The first-order valence-electron chi connectivity index (χ1n) is 7.72. The predicted octanol–water partition coefficient (Wildman–Crippen LogP) is 0.939. The average molecular weight is 485 g/mol. The van der Waals surface area contributed by atoms with Gasteiger partial charge in [0, 0.05) is 0 Å². The van der Waals surface area contributed by atoms with Gasteiger partial charge in [0.15, 0.2) is 0 Å². The molecule has 1 aromatic carbocycles. The second-order valence-corrected chi connectivity index (χ2v) is 8.54. The van der Waals surface area contributed by atoms with Crippen molar-refractivity contribution < 1.29 is 48.8 Å². The number of carbonyl (C=O) groups excluding carboxylic acids is 1. The molecule has 0 saturated carbocycles. The highest BCUT2D eigenvalue weighted by Crippen LogP contribution is 2.25. The van der Waals surface area contributed by atoms with Crippen molar-refractivity contribution in [3.8, 4) is 11.8 Å². The van der Waals surface area contributed by atoms with E-state index < -0.39 is 66.5 Å². The van der Waals surface area contributed by atoms with E-state index in [0.717, 1.165) is 19.2 Å². The summed E-state index contributed by atoms with van der Waals surface area (Å²) in [5, 5.41) is 1.78. The van der Waals surface area contributed by atoms with E-state index in [1.165, 1.54) is 16.9 Å². The fraction of sp³-hybridized carbons (Fsp3) is 0.214. The van der Waals surface area contributed by atoms with E-state index in [1.54, 1.807) is 5.32 Å². The van der Waals surface area contributed by atoms with E-state index in [4.69, 9.17) is 0 Å². The molecule has 0 aliphatic rings. The van der Waals surface area contributed by atoms with Crippen LogP contribution in [0.15, 0.2) is 35.2 Å². The number of hydrogen-bond acceptors (Lipinski definition) is 10. The molecule has 0 spiro atoms. The molecule has 2 N–H and O–H groups in total. The smallest absolute Gasteiger partial charge is 0.574 e. The lowest BCUT2D eigenvalue weighted by atomic mass is 10.2. The Morgan fingerprint density at radius 1 is 1.13 bits per heavy atom. The van der Waals surface area contributed by atoms with E-state index in [-0.39, 0.29) is 0 Å². The molecule has 31 heavy (non-hydrogen) atoms. The zero-order valence-electron chi connectivity index (χ0n) is 15.2. The molecule has 12 nitrogen and oxygen atoms in total. The summed E-state index contributed by atoms with van der Waals surface area (Å²) < 4.78 is 105. The van der Waals surface area contributed by atoms with E-state index in [0.29, 0.717) is 6.07 Å². The minimum absolute atomic E-state index is 0.406. The van der Waals surface area contributed by atoms with Crippen LogP contribution in [0, 0.1) is 0 Å². The highest BCUT2D eigenvalue weighted by atomic mass is 32.2. The van der Waals surface area contributed by atoms with Crippen LogP contribution in [0.2, 0.25) is 0 Å². The van der Waals surface area contributed by atoms with Crippen molar-refractivity contribution in [3.05, 3.63) is 35.9 Å². The molecule has 17 heteroatoms. The summed E-state index contributed by atoms with van der Waals surface area (Å²) in [5.41, 5.74) is -0.406. The van der Waals surface area contributed by atoms with Gasteiger partial charge in [-0.25, -0.2) is 26.4 Å². The van der Waals surface area contributed by atoms with Crippen LogP contribution < -0.4 is 19.5 Å². The lowest BCUT2D eigenvalue weighted by Gasteiger charge is -2.14. The largest absolute Gasteiger partial charge is 0.748 e. The molecule has 0 saturated heterocycles. The van der Waals surface area contributed by atoms with Gasteiger partial charge in [-0.1, -0.05) is 18.2 Å². The maximum atomic E-state index is 12.4. The Hall–Kier alpha value is -3.18. The number of nitrogens with one attached hydrogen (secondary N) is 2. The molecule has 0 aliphatic carbocycles. The number of alkyl halides is 3. The lowest BCUT2D eigenvalue weighted by molar-refractivity contribution is -0.276. The van der Waals surface area contributed by atoms with Crippen LogP contribution in [0.5, 0.6) is 11.8 Å². The van der Waals surface area contributed by atoms with Crippen LogP contribution in [0.25, 0.3) is 0 Å². The maximum absolute atomic E-state index is 12.4. The third kappa shape index (κ3) is 7.54. The number of carbonyl (C=O) groups is 1. The Balaban J connectivity index is 2.26. The van der Waals surface area contributed by atoms with Crippen molar-refractivity contribution in [1.82, 2.24) is 14.7 Å². The third-order valence-corrected chi connectivity index (χ3v) is 5.25. The molecule has 2 aromatic rings. The monoisotopic (exact) mass is 485 g/mol. The average Bonchev–Trinajstić information content (AvgIpc) is 2.58. The predicted molar refractivity (Wildman–Crippen MR) is 94.5 cm³/mol. The SMILES string of the molecule is COc1cc(OC(F)(F)F)nc(NC(=O)NS(=O)(=O)c2ccccc2CS(=O)(=O)[O-])n1. The molecule has 1 heterocycles. The molecule has 2 amide bonds. The van der Waals surface area contributed by atoms with Crippen LogP contribution in [-0.2, 0) is 25.9 Å². The maximum Gasteiger partial charge on any atom is 0.574 e. The van der Waals surface area contributed by atoms with Crippen molar-refractivity contribution in [2.24, 2.45) is 0 Å². The van der Waals surface area contributed by atoms with Crippen LogP contribution >= 0.6 is 0 Å². The molecule has 1 aromatic heterocycles. The highest BCUT2D eigenvalue weighted by molar-refractivity contribution is 7.90. The van der Waals surface area contributed by atoms with Crippen molar-refractivity contribution >= 4 is 32.1 Å². The minimum Gasteiger partial charge on any atom is -0.748 e. The molecular formula is C14H12F3N4O8S2-. The van der Waals surface area contributed by atoms with Gasteiger partial charge in [-0.15, -0.1) is 13.2 Å². The molecule has 0 radical (unpaired) electrons. The van der Waals surface area contributed by atoms with Gasteiger partial charge in [0.05, 0.1) is 33.9 Å². The van der Waals surface area contributed by atoms with Crippen LogP contribution in [-0.4, -0.2) is 50.9 Å². The van der Waals surface area contributed by atoms with Gasteiger partial charge in [-0.2, -0.15) is 9.97 Å². The van der Waals surface area contributed by atoms with Crippen molar-refractivity contribution in [2.75, 3.05) is 12.4 Å². The Kier molecular flexibility index (Phi) is 6.92. The Labute approximate surface area is 173 Å². The Morgan fingerprint density at radius 2 is 1.74 bits per heavy atom. The van der Waals surface area contributed by atoms with Gasteiger partial charge in [0.2, 0.25) is 17.7 Å². The molecule has 0 unspecified atom stereocenters. The number of anilines is 1. The van der Waals surface area contributed by atoms with Gasteiger partial charge in [0.1, 0.15) is 0 Å². The van der Waals surface area contributed by atoms with Gasteiger partial charge in [-0.3, -0.25) is 5.32 Å². The number of halogens is 3. The molecule has 0 bridgehead atoms. The van der Waals surface area contributed by atoms with E-state index in [1.807, 2.05) is 0 Å². The molecule has 2 rings (SSSR count). The van der Waals surface area contributed by atoms with E-state index >= 15 is 0 Å². The van der Waals surface area contributed by atoms with Crippen molar-refractivity contribution in [2.45, 2.75) is 17.0 Å². The number of aromatic nitrogens is 2. The fourth-order valence-corrected chi connectivity index (χ4v) is 3.99. The van der Waals surface area contributed by atoms with Gasteiger partial charge < -0.3 is 14.0 Å². The zero-order chi connectivity index (χ0) is 23.4. The third-order valence-electron chi connectivity index (χ3n) is 3.16. The fourth-order valence-electron chi connectivity index (χ4n) is 2.12. The summed E-state index contributed by atoms with van der Waals surface area (Å²) in [6, 6.07) is 3.62. The van der Waals surface area contributed by atoms with Gasteiger partial charge in [-0.05, 0) is 11.6 Å². The zero-order valence-corrected chi connectivity index (χ0v) is 16.8. The second kappa shape index (κ2) is 8.90. The summed E-state index contributed by atoms with van der Waals surface area (Å²) in [5.74, 6) is -3.47. The van der Waals surface area contributed by atoms with Crippen LogP contribution in [0.4, 0.5) is 23.9 Å². The van der Waals surface area contributed by atoms with Crippen LogP contribution in [0.1, 0.15) is 5.56 Å². The molecule has 170 valence electrons. The lowest BCUT2D eigenvalue weighted by Crippen LogP contribution is -2.35. The summed E-state index contributed by atoms with van der Waals surface area (Å²) >= 11 is 0. The summed E-state index contributed by atoms with van der Waals surface area (Å²) in [7, 11) is -8.50. The molecule has 0 atom stereocenters. The number of methoxy groups -OCH3 is 1. The Morgan fingerprint density at radius 3 is 2.32 bits per heavy atom. The quantitative estimate of drug-likeness (QED) is 0.537. The summed E-state index contributed by atoms with van der Waals surface area (Å²) in [4.78, 5) is 18.1. The van der Waals surface area contributed by atoms with Crippen molar-refractivity contribution in [3.63, 3.8) is 0 Å². The first-order valence-corrected chi connectivity index (χ1v) is 10.8. The molecule has 0 fully saturated rings. The van der Waals surface area contributed by atoms with Crippen molar-refractivity contribution in [1.29, 1.82) is 0 Å². The first kappa shape index (κ1) is 24.1. The normalized spacial score (nSPS) is 12.2. The number of benzene rings is 1. The number of hydrogen-bond donors (Lipinski definition) is 2. The number of urea groups is 1. The standard InChI is InChI=1S/C14H13F3N4O8S2/c1-28-10-6-11(29-14(15,16)17)19-12(18-10)20-13(22)21-31(26,27)9-5-3-2-4-8(9)7-30(23,24)25/h2-6H,7H2,1H3,(H,23,24,25)(H2,18,19,20,21,22)/p-1. The van der Waals surface area contributed by atoms with E-state index in [2.05, 4.69) is 19.4 Å². The van der Waals surface area contributed by atoms with Gasteiger partial charge in [0.25, 0.3) is 10.0 Å². The molecular weight excluding hydrogens is 473 g/mol. The number of ether oxygens (including phenoxy) is 2. The summed E-state index contributed by atoms with van der Waals surface area (Å²) in [6.07, 6.45) is -5.12. The number of amides is 2. The van der Waals surface area contributed by atoms with Gasteiger partial charge >= 0.3 is 12.4 Å². The minimum atomic E-state index is -5.12. The van der Waals surface area contributed by atoms with E-state index in [9.17, 15) is 39.4 Å². The molecule has 0 aliphatic heterocycles. The second-order valence-electron chi connectivity index (χ2n) is 5.49.